The van der Waals surface area contributed by atoms with Crippen LogP contribution in [-0.4, -0.2) is 48.6 Å². The van der Waals surface area contributed by atoms with Gasteiger partial charge in [-0.1, -0.05) is 0 Å². The first-order valence-electron chi connectivity index (χ1n) is 8.72. The third-order valence-electron chi connectivity index (χ3n) is 5.36. The van der Waals surface area contributed by atoms with Crippen LogP contribution in [0.2, 0.25) is 0 Å². The molecule has 2 fully saturated rings. The first kappa shape index (κ1) is 16.1. The fraction of sp³-hybridized carbons (Fsp3) is 0.500. The molecule has 0 radical (unpaired) electrons. The van der Waals surface area contributed by atoms with Crippen molar-refractivity contribution in [3.63, 3.8) is 0 Å². The minimum atomic E-state index is -0.400. The van der Waals surface area contributed by atoms with Crippen molar-refractivity contribution in [3.8, 4) is 0 Å². The second kappa shape index (κ2) is 6.15. The molecule has 7 heteroatoms. The van der Waals surface area contributed by atoms with Gasteiger partial charge in [0, 0.05) is 56.2 Å². The Morgan fingerprint density at radius 1 is 1.28 bits per heavy atom. The van der Waals surface area contributed by atoms with E-state index in [0.29, 0.717) is 24.4 Å². The second-order valence-corrected chi connectivity index (χ2v) is 6.82. The van der Waals surface area contributed by atoms with Gasteiger partial charge in [-0.15, -0.1) is 0 Å². The van der Waals surface area contributed by atoms with Gasteiger partial charge in [-0.3, -0.25) is 14.9 Å². The lowest BCUT2D eigenvalue weighted by Crippen LogP contribution is -2.41. The largest absolute Gasteiger partial charge is 0.381 e. The van der Waals surface area contributed by atoms with Gasteiger partial charge < -0.3 is 14.5 Å². The van der Waals surface area contributed by atoms with E-state index < -0.39 is 4.92 Å². The minimum Gasteiger partial charge on any atom is -0.381 e. The van der Waals surface area contributed by atoms with Crippen LogP contribution in [-0.2, 0) is 9.53 Å². The van der Waals surface area contributed by atoms with E-state index in [2.05, 4.69) is 4.90 Å². The standard InChI is InChI=1S/C18H21N3O4/c1-19-8-2-3-16(19)17-14-11-13(21(23)24)4-5-15(14)20(18(17)22)12-6-9-25-10-7-12/h4-5,11-12H,2-3,6-10H2,1H3/b17-16-. The number of hydrogen-bond acceptors (Lipinski definition) is 5. The zero-order chi connectivity index (χ0) is 17.6. The Labute approximate surface area is 146 Å². The SMILES string of the molecule is CN1CCC/C1=C1/C(=O)N(C2CCOCC2)c2ccc([N+](=O)[O-])cc21. The van der Waals surface area contributed by atoms with Crippen LogP contribution >= 0.6 is 0 Å². The minimum absolute atomic E-state index is 0.0221. The summed E-state index contributed by atoms with van der Waals surface area (Å²) in [5, 5.41) is 11.2. The van der Waals surface area contributed by atoms with Gasteiger partial charge in [-0.05, 0) is 31.7 Å². The molecule has 4 rings (SSSR count). The van der Waals surface area contributed by atoms with E-state index in [0.717, 1.165) is 43.6 Å². The van der Waals surface area contributed by atoms with E-state index in [1.165, 1.54) is 6.07 Å². The Bertz CT molecular complexity index is 768. The Kier molecular flexibility index (Phi) is 3.95. The molecule has 0 aromatic heterocycles. The summed E-state index contributed by atoms with van der Waals surface area (Å²) in [6.07, 6.45) is 3.42. The third-order valence-corrected chi connectivity index (χ3v) is 5.36. The highest BCUT2D eigenvalue weighted by atomic mass is 16.6. The molecule has 1 aromatic carbocycles. The average Bonchev–Trinajstić information content (AvgIpc) is 3.14. The van der Waals surface area contributed by atoms with Crippen LogP contribution in [0.4, 0.5) is 11.4 Å². The predicted octanol–water partition coefficient (Wildman–Crippen LogP) is 2.56. The quantitative estimate of drug-likeness (QED) is 0.469. The smallest absolute Gasteiger partial charge is 0.270 e. The molecule has 0 aliphatic carbocycles. The summed E-state index contributed by atoms with van der Waals surface area (Å²) in [7, 11) is 1.98. The maximum absolute atomic E-state index is 13.3. The second-order valence-electron chi connectivity index (χ2n) is 6.82. The molecule has 0 saturated carbocycles. The number of hydrogen-bond donors (Lipinski definition) is 0. The lowest BCUT2D eigenvalue weighted by Gasteiger charge is -2.31. The van der Waals surface area contributed by atoms with Crippen molar-refractivity contribution in [2.45, 2.75) is 31.7 Å². The van der Waals surface area contributed by atoms with Gasteiger partial charge in [-0.2, -0.15) is 0 Å². The van der Waals surface area contributed by atoms with E-state index in [1.807, 2.05) is 11.9 Å². The number of benzene rings is 1. The molecular formula is C18H21N3O4. The molecule has 132 valence electrons. The Hall–Kier alpha value is -2.41. The maximum atomic E-state index is 13.3. The van der Waals surface area contributed by atoms with Gasteiger partial charge >= 0.3 is 0 Å². The zero-order valence-electron chi connectivity index (χ0n) is 14.2. The van der Waals surface area contributed by atoms with Crippen molar-refractivity contribution in [1.82, 2.24) is 4.90 Å². The monoisotopic (exact) mass is 343 g/mol. The number of carbonyl (C=O) groups excluding carboxylic acids is 1. The molecule has 3 aliphatic heterocycles. The fourth-order valence-corrected chi connectivity index (χ4v) is 4.10. The molecule has 1 aromatic rings. The first-order valence-corrected chi connectivity index (χ1v) is 8.72. The number of anilines is 1. The Morgan fingerprint density at radius 3 is 2.68 bits per heavy atom. The molecule has 0 atom stereocenters. The molecule has 3 heterocycles. The molecule has 0 bridgehead atoms. The highest BCUT2D eigenvalue weighted by Crippen LogP contribution is 2.44. The first-order chi connectivity index (χ1) is 12.1. The van der Waals surface area contributed by atoms with E-state index in [-0.39, 0.29) is 17.6 Å². The van der Waals surface area contributed by atoms with E-state index in [4.69, 9.17) is 4.74 Å². The number of nitro groups is 1. The Morgan fingerprint density at radius 2 is 2.04 bits per heavy atom. The molecule has 0 spiro atoms. The van der Waals surface area contributed by atoms with Gasteiger partial charge in [-0.25, -0.2) is 0 Å². The third kappa shape index (κ3) is 2.59. The van der Waals surface area contributed by atoms with Gasteiger partial charge in [0.25, 0.3) is 11.6 Å². The van der Waals surface area contributed by atoms with E-state index >= 15 is 0 Å². The summed E-state index contributed by atoms with van der Waals surface area (Å²) in [6.45, 7) is 2.19. The lowest BCUT2D eigenvalue weighted by atomic mass is 10.0. The lowest BCUT2D eigenvalue weighted by molar-refractivity contribution is -0.384. The fourth-order valence-electron chi connectivity index (χ4n) is 4.10. The van der Waals surface area contributed by atoms with Crippen molar-refractivity contribution in [3.05, 3.63) is 39.6 Å². The van der Waals surface area contributed by atoms with Crippen molar-refractivity contribution < 1.29 is 14.5 Å². The number of amides is 1. The van der Waals surface area contributed by atoms with E-state index in [1.54, 1.807) is 12.1 Å². The predicted molar refractivity (Wildman–Crippen MR) is 93.2 cm³/mol. The molecule has 2 saturated heterocycles. The van der Waals surface area contributed by atoms with Crippen molar-refractivity contribution >= 4 is 22.9 Å². The van der Waals surface area contributed by atoms with Gasteiger partial charge in [0.05, 0.1) is 16.2 Å². The number of likely N-dealkylation sites (tertiary alicyclic amines) is 1. The van der Waals surface area contributed by atoms with Crippen molar-refractivity contribution in [2.24, 2.45) is 0 Å². The summed E-state index contributed by atoms with van der Waals surface area (Å²) in [5.74, 6) is -0.0221. The summed E-state index contributed by atoms with van der Waals surface area (Å²) in [5.41, 5.74) is 3.17. The number of non-ortho nitro benzene ring substituents is 1. The van der Waals surface area contributed by atoms with Crippen LogP contribution in [0.3, 0.4) is 0 Å². The average molecular weight is 343 g/mol. The topological polar surface area (TPSA) is 75.9 Å². The van der Waals surface area contributed by atoms with Crippen LogP contribution in [0.1, 0.15) is 31.2 Å². The molecule has 0 unspecified atom stereocenters. The number of allylic oxidation sites excluding steroid dienone is 1. The number of nitrogens with zero attached hydrogens (tertiary/aromatic N) is 3. The number of fused-ring (bicyclic) bond motifs is 1. The van der Waals surface area contributed by atoms with E-state index in [9.17, 15) is 14.9 Å². The highest BCUT2D eigenvalue weighted by Gasteiger charge is 2.41. The van der Waals surface area contributed by atoms with Crippen molar-refractivity contribution in [1.29, 1.82) is 0 Å². The number of nitro benzene ring substituents is 1. The number of rotatable bonds is 2. The molecule has 1 amide bonds. The molecular weight excluding hydrogens is 322 g/mol. The van der Waals surface area contributed by atoms with Gasteiger partial charge in [0.15, 0.2) is 0 Å². The molecule has 0 N–H and O–H groups in total. The van der Waals surface area contributed by atoms with Gasteiger partial charge in [0.2, 0.25) is 0 Å². The van der Waals surface area contributed by atoms with Gasteiger partial charge in [0.1, 0.15) is 0 Å². The highest BCUT2D eigenvalue weighted by molar-refractivity contribution is 6.33. The molecule has 25 heavy (non-hydrogen) atoms. The van der Waals surface area contributed by atoms with Crippen molar-refractivity contribution in [2.75, 3.05) is 31.7 Å². The van der Waals surface area contributed by atoms with Crippen LogP contribution in [0.5, 0.6) is 0 Å². The summed E-state index contributed by atoms with van der Waals surface area (Å²) >= 11 is 0. The normalized spacial score (nSPS) is 24.1. The molecule has 3 aliphatic rings. The van der Waals surface area contributed by atoms with Crippen LogP contribution < -0.4 is 4.90 Å². The summed E-state index contributed by atoms with van der Waals surface area (Å²) < 4.78 is 5.43. The van der Waals surface area contributed by atoms with Crippen LogP contribution in [0.15, 0.2) is 23.9 Å². The zero-order valence-corrected chi connectivity index (χ0v) is 14.2. The maximum Gasteiger partial charge on any atom is 0.270 e. The molecule has 7 nitrogen and oxygen atoms in total. The van der Waals surface area contributed by atoms with Crippen LogP contribution in [0, 0.1) is 10.1 Å². The summed E-state index contributed by atoms with van der Waals surface area (Å²) in [4.78, 5) is 28.1. The Balaban J connectivity index is 1.86. The number of ether oxygens (including phenoxy) is 1. The summed E-state index contributed by atoms with van der Waals surface area (Å²) in [6, 6.07) is 4.86. The van der Waals surface area contributed by atoms with Crippen LogP contribution in [0.25, 0.3) is 5.57 Å². The number of carbonyl (C=O) groups is 1.